The number of nitrogens with zero attached hydrogens (tertiary/aromatic N) is 2. The molecule has 0 amide bonds. The Morgan fingerprint density at radius 3 is 2.87 bits per heavy atom. The molecule has 6 heteroatoms. The van der Waals surface area contributed by atoms with Crippen molar-refractivity contribution in [3.63, 3.8) is 0 Å². The van der Waals surface area contributed by atoms with Crippen LogP contribution in [0.4, 0.5) is 0 Å². The van der Waals surface area contributed by atoms with Crippen LogP contribution in [0, 0.1) is 0 Å². The van der Waals surface area contributed by atoms with Crippen molar-refractivity contribution in [3.8, 4) is 0 Å². The van der Waals surface area contributed by atoms with Gasteiger partial charge in [-0.05, 0) is 49.9 Å². The van der Waals surface area contributed by atoms with Gasteiger partial charge in [-0.3, -0.25) is 0 Å². The lowest BCUT2D eigenvalue weighted by atomic mass is 10.1. The Hall–Kier alpha value is -2.53. The summed E-state index contributed by atoms with van der Waals surface area (Å²) in [5, 5.41) is 8.84. The molecule has 0 spiro atoms. The van der Waals surface area contributed by atoms with E-state index in [1.165, 1.54) is 17.8 Å². The van der Waals surface area contributed by atoms with Crippen molar-refractivity contribution < 1.29 is 0 Å². The van der Waals surface area contributed by atoms with Crippen LogP contribution in [0.3, 0.4) is 0 Å². The highest BCUT2D eigenvalue weighted by atomic mass is 35.5. The maximum atomic E-state index is 6.08. The van der Waals surface area contributed by atoms with Gasteiger partial charge in [-0.25, -0.2) is 0 Å². The second kappa shape index (κ2) is 9.09. The fourth-order valence-corrected chi connectivity index (χ4v) is 4.62. The lowest BCUT2D eigenvalue weighted by Gasteiger charge is -2.38. The number of allylic oxidation sites excluding steroid dienone is 1. The van der Waals surface area contributed by atoms with Crippen LogP contribution in [0.15, 0.2) is 61.2 Å². The van der Waals surface area contributed by atoms with Crippen LogP contribution in [0.25, 0.3) is 10.9 Å². The molecular weight excluding hydrogens is 394 g/mol. The summed E-state index contributed by atoms with van der Waals surface area (Å²) in [4.78, 5) is 8.21. The zero-order valence-corrected chi connectivity index (χ0v) is 18.4. The standard InChI is InChI=1S/C24H32ClN5/c1-17-6-4-10-29(17)15-18(2)30-11-5-7-22(16-30)27-19(3)26-14-23-13-20-12-21(25)8-9-24(20)28-23/h8-9,12-13,22,26-28H,1-7,10-11,14-16H2. The van der Waals surface area contributed by atoms with Crippen molar-refractivity contribution in [2.75, 3.05) is 26.2 Å². The van der Waals surface area contributed by atoms with Crippen LogP contribution in [0.1, 0.15) is 31.4 Å². The van der Waals surface area contributed by atoms with Crippen molar-refractivity contribution in [1.82, 2.24) is 25.4 Å². The van der Waals surface area contributed by atoms with Crippen molar-refractivity contribution >= 4 is 22.5 Å². The van der Waals surface area contributed by atoms with E-state index in [1.54, 1.807) is 0 Å². The monoisotopic (exact) mass is 425 g/mol. The Morgan fingerprint density at radius 1 is 1.20 bits per heavy atom. The summed E-state index contributed by atoms with van der Waals surface area (Å²) in [5.74, 6) is 0.858. The normalized spacial score (nSPS) is 19.4. The number of hydrogen-bond donors (Lipinski definition) is 3. The number of hydrogen-bond acceptors (Lipinski definition) is 4. The Bertz CT molecular complexity index is 946. The molecule has 2 fully saturated rings. The van der Waals surface area contributed by atoms with Gasteiger partial charge in [0, 0.05) is 58.7 Å². The molecule has 0 radical (unpaired) electrons. The van der Waals surface area contributed by atoms with Crippen molar-refractivity contribution in [2.24, 2.45) is 0 Å². The molecule has 30 heavy (non-hydrogen) atoms. The third-order valence-corrected chi connectivity index (χ3v) is 6.33. The van der Waals surface area contributed by atoms with Crippen molar-refractivity contribution in [1.29, 1.82) is 0 Å². The number of halogens is 1. The van der Waals surface area contributed by atoms with Crippen LogP contribution in [0.5, 0.6) is 0 Å². The summed E-state index contributed by atoms with van der Waals surface area (Å²) in [6, 6.07) is 8.39. The molecule has 2 aliphatic heterocycles. The summed E-state index contributed by atoms with van der Waals surface area (Å²) in [5.41, 5.74) is 4.65. The third-order valence-electron chi connectivity index (χ3n) is 6.09. The maximum absolute atomic E-state index is 6.08. The van der Waals surface area contributed by atoms with Crippen molar-refractivity contribution in [3.05, 3.63) is 71.9 Å². The largest absolute Gasteiger partial charge is 0.372 e. The van der Waals surface area contributed by atoms with Gasteiger partial charge in [0.25, 0.3) is 0 Å². The van der Waals surface area contributed by atoms with Gasteiger partial charge in [0.1, 0.15) is 0 Å². The molecule has 2 saturated heterocycles. The summed E-state index contributed by atoms with van der Waals surface area (Å²) < 4.78 is 0. The number of piperidine rings is 1. The third kappa shape index (κ3) is 4.96. The summed E-state index contributed by atoms with van der Waals surface area (Å²) in [7, 11) is 0. The van der Waals surface area contributed by atoms with E-state index in [0.29, 0.717) is 12.6 Å². The maximum Gasteiger partial charge on any atom is 0.0918 e. The van der Waals surface area contributed by atoms with Crippen molar-refractivity contribution in [2.45, 2.75) is 38.3 Å². The minimum Gasteiger partial charge on any atom is -0.372 e. The van der Waals surface area contributed by atoms with Gasteiger partial charge in [0.05, 0.1) is 18.9 Å². The predicted molar refractivity (Wildman–Crippen MR) is 126 cm³/mol. The van der Waals surface area contributed by atoms with Crippen LogP contribution in [0.2, 0.25) is 5.02 Å². The highest BCUT2D eigenvalue weighted by molar-refractivity contribution is 6.31. The molecule has 4 rings (SSSR count). The number of aromatic nitrogens is 1. The highest BCUT2D eigenvalue weighted by Crippen LogP contribution is 2.23. The smallest absolute Gasteiger partial charge is 0.0918 e. The van der Waals surface area contributed by atoms with E-state index in [9.17, 15) is 0 Å². The van der Waals surface area contributed by atoms with E-state index in [0.717, 1.165) is 72.9 Å². The number of fused-ring (bicyclic) bond motifs is 1. The van der Waals surface area contributed by atoms with Gasteiger partial charge in [0.2, 0.25) is 0 Å². The average molecular weight is 426 g/mol. The van der Waals surface area contributed by atoms with Crippen LogP contribution >= 0.6 is 11.6 Å². The zero-order valence-electron chi connectivity index (χ0n) is 17.6. The molecule has 0 bridgehead atoms. The molecule has 0 aliphatic carbocycles. The molecular formula is C24H32ClN5. The minimum atomic E-state index is 0.374. The number of H-pyrrole nitrogens is 1. The first kappa shape index (κ1) is 20.7. The number of rotatable bonds is 8. The van der Waals surface area contributed by atoms with Gasteiger partial charge in [-0.1, -0.05) is 31.3 Å². The van der Waals surface area contributed by atoms with E-state index in [4.69, 9.17) is 11.6 Å². The van der Waals surface area contributed by atoms with E-state index in [-0.39, 0.29) is 0 Å². The van der Waals surface area contributed by atoms with Gasteiger partial charge >= 0.3 is 0 Å². The van der Waals surface area contributed by atoms with Crippen LogP contribution < -0.4 is 10.6 Å². The zero-order chi connectivity index (χ0) is 21.1. The average Bonchev–Trinajstić information content (AvgIpc) is 3.32. The van der Waals surface area contributed by atoms with Gasteiger partial charge in [-0.2, -0.15) is 0 Å². The second-order valence-electron chi connectivity index (χ2n) is 8.45. The first-order valence-corrected chi connectivity index (χ1v) is 11.2. The molecule has 5 nitrogen and oxygen atoms in total. The van der Waals surface area contributed by atoms with Gasteiger partial charge in [0.15, 0.2) is 0 Å². The predicted octanol–water partition coefficient (Wildman–Crippen LogP) is 4.56. The minimum absolute atomic E-state index is 0.374. The molecule has 1 unspecified atom stereocenters. The Kier molecular flexibility index (Phi) is 6.28. The molecule has 160 valence electrons. The topological polar surface area (TPSA) is 46.3 Å². The van der Waals surface area contributed by atoms with Crippen LogP contribution in [-0.4, -0.2) is 47.0 Å². The first-order valence-electron chi connectivity index (χ1n) is 10.8. The Morgan fingerprint density at radius 2 is 2.07 bits per heavy atom. The molecule has 3 N–H and O–H groups in total. The summed E-state index contributed by atoms with van der Waals surface area (Å²) in [6.07, 6.45) is 4.64. The van der Waals surface area contributed by atoms with E-state index in [2.05, 4.69) is 51.2 Å². The fourth-order valence-electron chi connectivity index (χ4n) is 4.44. The molecule has 3 heterocycles. The lowest BCUT2D eigenvalue weighted by molar-refractivity contribution is 0.223. The number of nitrogens with one attached hydrogen (secondary N) is 3. The summed E-state index contributed by atoms with van der Waals surface area (Å²) >= 11 is 6.08. The highest BCUT2D eigenvalue weighted by Gasteiger charge is 2.23. The number of aromatic amines is 1. The number of likely N-dealkylation sites (tertiary alicyclic amines) is 2. The molecule has 2 aromatic rings. The van der Waals surface area contributed by atoms with E-state index < -0.39 is 0 Å². The van der Waals surface area contributed by atoms with E-state index >= 15 is 0 Å². The molecule has 1 atom stereocenters. The first-order chi connectivity index (χ1) is 14.5. The fraction of sp³-hybridized carbons (Fsp3) is 0.417. The number of benzene rings is 1. The Labute approximate surface area is 184 Å². The Balaban J connectivity index is 1.25. The molecule has 0 saturated carbocycles. The SMILES string of the molecule is C=C(NCc1cc2cc(Cl)ccc2[nH]1)NC1CCCN(C(=C)CN2CCCC2=C)C1. The quantitative estimate of drug-likeness (QED) is 0.580. The molecule has 2 aliphatic rings. The lowest BCUT2D eigenvalue weighted by Crippen LogP contribution is -2.47. The van der Waals surface area contributed by atoms with Gasteiger partial charge < -0.3 is 25.4 Å². The van der Waals surface area contributed by atoms with Gasteiger partial charge in [-0.15, -0.1) is 0 Å². The second-order valence-corrected chi connectivity index (χ2v) is 8.88. The molecule has 1 aromatic carbocycles. The van der Waals surface area contributed by atoms with E-state index in [1.807, 2.05) is 18.2 Å². The van der Waals surface area contributed by atoms with Crippen LogP contribution in [-0.2, 0) is 6.54 Å². The summed E-state index contributed by atoms with van der Waals surface area (Å²) in [6.45, 7) is 17.4. The molecule has 1 aromatic heterocycles.